The third-order valence-corrected chi connectivity index (χ3v) is 5.62. The summed E-state index contributed by atoms with van der Waals surface area (Å²) in [6.45, 7) is 5.59. The summed E-state index contributed by atoms with van der Waals surface area (Å²) in [4.78, 5) is 28.8. The van der Waals surface area contributed by atoms with E-state index in [1.54, 1.807) is 18.2 Å². The van der Waals surface area contributed by atoms with Crippen LogP contribution in [-0.2, 0) is 16.0 Å². The SMILES string of the molecule is Cc1ccc(CC(=O)N2CCN(CCC(=O)Nc3cc(Cl)ccc3Cl)CC2)cc1. The molecule has 3 rings (SSSR count). The van der Waals surface area contributed by atoms with Crippen LogP contribution in [0.3, 0.4) is 0 Å². The van der Waals surface area contributed by atoms with E-state index >= 15 is 0 Å². The van der Waals surface area contributed by atoms with Crippen LogP contribution < -0.4 is 5.32 Å². The Kier molecular flexibility index (Phi) is 7.53. The van der Waals surface area contributed by atoms with E-state index in [-0.39, 0.29) is 11.8 Å². The van der Waals surface area contributed by atoms with Gasteiger partial charge in [-0.3, -0.25) is 14.5 Å². The van der Waals surface area contributed by atoms with Gasteiger partial charge in [0.1, 0.15) is 0 Å². The molecule has 2 aromatic rings. The number of piperazine rings is 1. The summed E-state index contributed by atoms with van der Waals surface area (Å²) in [6.07, 6.45) is 0.795. The lowest BCUT2D eigenvalue weighted by Crippen LogP contribution is -2.49. The van der Waals surface area contributed by atoms with Crippen molar-refractivity contribution in [2.24, 2.45) is 0 Å². The first-order valence-corrected chi connectivity index (χ1v) is 10.5. The molecular weight excluding hydrogens is 409 g/mol. The normalized spacial score (nSPS) is 14.7. The quantitative estimate of drug-likeness (QED) is 0.748. The van der Waals surface area contributed by atoms with Gasteiger partial charge in [-0.15, -0.1) is 0 Å². The lowest BCUT2D eigenvalue weighted by molar-refractivity contribution is -0.132. The fraction of sp³-hybridized carbons (Fsp3) is 0.364. The average molecular weight is 434 g/mol. The van der Waals surface area contributed by atoms with E-state index in [9.17, 15) is 9.59 Å². The Morgan fingerprint density at radius 2 is 1.69 bits per heavy atom. The number of hydrogen-bond donors (Lipinski definition) is 1. The van der Waals surface area contributed by atoms with Crippen LogP contribution in [0.1, 0.15) is 17.5 Å². The minimum atomic E-state index is -0.105. The van der Waals surface area contributed by atoms with E-state index in [2.05, 4.69) is 10.2 Å². The van der Waals surface area contributed by atoms with Crippen LogP contribution in [0.2, 0.25) is 10.0 Å². The summed E-state index contributed by atoms with van der Waals surface area (Å²) >= 11 is 12.0. The number of nitrogens with zero attached hydrogens (tertiary/aromatic N) is 2. The fourth-order valence-corrected chi connectivity index (χ4v) is 3.62. The van der Waals surface area contributed by atoms with Crippen molar-refractivity contribution in [3.05, 3.63) is 63.6 Å². The van der Waals surface area contributed by atoms with Crippen molar-refractivity contribution >= 4 is 40.7 Å². The Labute approximate surface area is 181 Å². The fourth-order valence-electron chi connectivity index (χ4n) is 3.28. The van der Waals surface area contributed by atoms with Gasteiger partial charge in [0, 0.05) is 44.2 Å². The molecule has 1 fully saturated rings. The van der Waals surface area contributed by atoms with E-state index in [1.807, 2.05) is 36.1 Å². The largest absolute Gasteiger partial charge is 0.340 e. The van der Waals surface area contributed by atoms with Crippen molar-refractivity contribution in [2.75, 3.05) is 38.0 Å². The number of halogens is 2. The monoisotopic (exact) mass is 433 g/mol. The summed E-state index contributed by atoms with van der Waals surface area (Å²) in [5, 5.41) is 3.79. The molecule has 2 aromatic carbocycles. The Morgan fingerprint density at radius 3 is 2.38 bits per heavy atom. The zero-order chi connectivity index (χ0) is 20.8. The summed E-state index contributed by atoms with van der Waals surface area (Å²) in [7, 11) is 0. The number of carbonyl (C=O) groups is 2. The number of rotatable bonds is 6. The summed E-state index contributed by atoms with van der Waals surface area (Å²) in [6, 6.07) is 13.1. The van der Waals surface area contributed by atoms with Crippen LogP contribution in [0.5, 0.6) is 0 Å². The third-order valence-electron chi connectivity index (χ3n) is 5.06. The minimum absolute atomic E-state index is 0.105. The maximum atomic E-state index is 12.5. The molecule has 5 nitrogen and oxygen atoms in total. The molecule has 0 saturated carbocycles. The molecule has 7 heteroatoms. The maximum absolute atomic E-state index is 12.5. The molecule has 1 aliphatic rings. The molecule has 0 atom stereocenters. The number of nitrogens with one attached hydrogen (secondary N) is 1. The molecule has 29 heavy (non-hydrogen) atoms. The van der Waals surface area contributed by atoms with E-state index in [1.165, 1.54) is 5.56 Å². The van der Waals surface area contributed by atoms with Crippen LogP contribution in [-0.4, -0.2) is 54.3 Å². The van der Waals surface area contributed by atoms with Crippen molar-refractivity contribution in [2.45, 2.75) is 19.8 Å². The highest BCUT2D eigenvalue weighted by atomic mass is 35.5. The standard InChI is InChI=1S/C22H25Cl2N3O2/c1-16-2-4-17(5-3-16)14-22(29)27-12-10-26(11-13-27)9-8-21(28)25-20-15-18(23)6-7-19(20)24/h2-7,15H,8-14H2,1H3,(H,25,28). The number of amides is 2. The Morgan fingerprint density at radius 1 is 1.00 bits per heavy atom. The second-order valence-electron chi connectivity index (χ2n) is 7.31. The van der Waals surface area contributed by atoms with Crippen molar-refractivity contribution in [3.63, 3.8) is 0 Å². The van der Waals surface area contributed by atoms with Gasteiger partial charge in [-0.1, -0.05) is 53.0 Å². The molecule has 1 aliphatic heterocycles. The van der Waals surface area contributed by atoms with Crippen LogP contribution in [0.15, 0.2) is 42.5 Å². The molecule has 154 valence electrons. The molecule has 1 heterocycles. The van der Waals surface area contributed by atoms with Crippen LogP contribution in [0.4, 0.5) is 5.69 Å². The van der Waals surface area contributed by atoms with Gasteiger partial charge in [-0.05, 0) is 30.7 Å². The predicted molar refractivity (Wildman–Crippen MR) is 118 cm³/mol. The van der Waals surface area contributed by atoms with Crippen LogP contribution in [0.25, 0.3) is 0 Å². The summed E-state index contributed by atoms with van der Waals surface area (Å²) in [5.74, 6) is 0.0499. The predicted octanol–water partition coefficient (Wildman–Crippen LogP) is 4.02. The first-order chi connectivity index (χ1) is 13.9. The molecule has 1 saturated heterocycles. The highest BCUT2D eigenvalue weighted by Gasteiger charge is 2.21. The van der Waals surface area contributed by atoms with Crippen molar-refractivity contribution in [1.29, 1.82) is 0 Å². The maximum Gasteiger partial charge on any atom is 0.227 e. The number of hydrogen-bond acceptors (Lipinski definition) is 3. The van der Waals surface area contributed by atoms with Crippen molar-refractivity contribution < 1.29 is 9.59 Å². The molecule has 0 unspecified atom stereocenters. The Balaban J connectivity index is 1.40. The van der Waals surface area contributed by atoms with Crippen LogP contribution in [0, 0.1) is 6.92 Å². The van der Waals surface area contributed by atoms with Gasteiger partial charge >= 0.3 is 0 Å². The van der Waals surface area contributed by atoms with E-state index in [0.717, 1.165) is 18.7 Å². The molecule has 1 N–H and O–H groups in total. The lowest BCUT2D eigenvalue weighted by Gasteiger charge is -2.34. The third kappa shape index (κ3) is 6.46. The van der Waals surface area contributed by atoms with Gasteiger partial charge < -0.3 is 10.2 Å². The van der Waals surface area contributed by atoms with E-state index in [0.29, 0.717) is 48.2 Å². The topological polar surface area (TPSA) is 52.7 Å². The van der Waals surface area contributed by atoms with E-state index in [4.69, 9.17) is 23.2 Å². The Bertz CT molecular complexity index is 863. The zero-order valence-corrected chi connectivity index (χ0v) is 18.0. The van der Waals surface area contributed by atoms with Gasteiger partial charge in [0.15, 0.2) is 0 Å². The van der Waals surface area contributed by atoms with Gasteiger partial charge in [-0.2, -0.15) is 0 Å². The molecule has 0 aliphatic carbocycles. The molecule has 0 aromatic heterocycles. The number of anilines is 1. The second kappa shape index (κ2) is 10.1. The van der Waals surface area contributed by atoms with E-state index < -0.39 is 0 Å². The average Bonchev–Trinajstić information content (AvgIpc) is 2.71. The molecule has 0 radical (unpaired) electrons. The molecule has 0 bridgehead atoms. The lowest BCUT2D eigenvalue weighted by atomic mass is 10.1. The van der Waals surface area contributed by atoms with Gasteiger partial charge in [0.05, 0.1) is 17.1 Å². The number of aryl methyl sites for hydroxylation is 1. The first kappa shape index (κ1) is 21.6. The molecular formula is C22H25Cl2N3O2. The smallest absolute Gasteiger partial charge is 0.227 e. The first-order valence-electron chi connectivity index (χ1n) is 9.71. The van der Waals surface area contributed by atoms with Crippen molar-refractivity contribution in [3.8, 4) is 0 Å². The highest BCUT2D eigenvalue weighted by Crippen LogP contribution is 2.25. The summed E-state index contributed by atoms with van der Waals surface area (Å²) < 4.78 is 0. The Hall–Kier alpha value is -2.08. The molecule has 0 spiro atoms. The number of carbonyl (C=O) groups excluding carboxylic acids is 2. The van der Waals surface area contributed by atoms with Gasteiger partial charge in [-0.25, -0.2) is 0 Å². The number of benzene rings is 2. The van der Waals surface area contributed by atoms with Crippen LogP contribution >= 0.6 is 23.2 Å². The summed E-state index contributed by atoms with van der Waals surface area (Å²) in [5.41, 5.74) is 2.76. The minimum Gasteiger partial charge on any atom is -0.340 e. The van der Waals surface area contributed by atoms with Crippen molar-refractivity contribution in [1.82, 2.24) is 9.80 Å². The second-order valence-corrected chi connectivity index (χ2v) is 8.15. The molecule has 2 amide bonds. The highest BCUT2D eigenvalue weighted by molar-refractivity contribution is 6.35. The van der Waals surface area contributed by atoms with Gasteiger partial charge in [0.25, 0.3) is 0 Å². The van der Waals surface area contributed by atoms with Gasteiger partial charge in [0.2, 0.25) is 11.8 Å². The zero-order valence-electron chi connectivity index (χ0n) is 16.5.